The molecule has 0 aliphatic carbocycles. The first-order chi connectivity index (χ1) is 14.5. The zero-order valence-corrected chi connectivity index (χ0v) is 17.0. The lowest BCUT2D eigenvalue weighted by Gasteiger charge is -2.08. The number of carbonyl (C=O) groups excluding carboxylic acids is 2. The summed E-state index contributed by atoms with van der Waals surface area (Å²) in [4.78, 5) is 24.3. The van der Waals surface area contributed by atoms with E-state index in [2.05, 4.69) is 21.9 Å². The van der Waals surface area contributed by atoms with Gasteiger partial charge in [0.1, 0.15) is 0 Å². The summed E-state index contributed by atoms with van der Waals surface area (Å²) in [5.74, 6) is -1.83. The van der Waals surface area contributed by atoms with E-state index in [9.17, 15) is 9.59 Å². The van der Waals surface area contributed by atoms with E-state index in [-0.39, 0.29) is 10.7 Å². The van der Waals surface area contributed by atoms with Crippen LogP contribution in [0.5, 0.6) is 0 Å². The smallest absolute Gasteiger partial charge is 0.316 e. The Labute approximate surface area is 182 Å². The van der Waals surface area contributed by atoms with Crippen LogP contribution in [0.4, 0.5) is 5.69 Å². The molecule has 4 rings (SSSR count). The molecule has 148 valence electrons. The Bertz CT molecular complexity index is 1260. The van der Waals surface area contributed by atoms with Crippen LogP contribution >= 0.6 is 23.2 Å². The second kappa shape index (κ2) is 8.53. The van der Waals surface area contributed by atoms with E-state index in [0.29, 0.717) is 5.02 Å². The van der Waals surface area contributed by atoms with Crippen LogP contribution < -0.4 is 10.7 Å². The minimum absolute atomic E-state index is 0.244. The normalized spacial score (nSPS) is 11.1. The molecule has 0 aliphatic rings. The maximum atomic E-state index is 12.1. The molecule has 0 heterocycles. The second-order valence-corrected chi connectivity index (χ2v) is 7.35. The molecule has 7 heteroatoms. The summed E-state index contributed by atoms with van der Waals surface area (Å²) in [6.45, 7) is 0. The monoisotopic (exact) mass is 435 g/mol. The zero-order valence-electron chi connectivity index (χ0n) is 15.5. The van der Waals surface area contributed by atoms with Crippen molar-refractivity contribution in [3.8, 4) is 0 Å². The molecule has 0 aromatic heterocycles. The number of hydrazone groups is 1. The van der Waals surface area contributed by atoms with Crippen LogP contribution in [0.2, 0.25) is 10.0 Å². The second-order valence-electron chi connectivity index (χ2n) is 6.51. The van der Waals surface area contributed by atoms with Crippen LogP contribution in [-0.4, -0.2) is 18.0 Å². The molecular formula is C23H15Cl2N3O2. The Morgan fingerprint density at radius 3 is 2.10 bits per heavy atom. The Balaban J connectivity index is 1.56. The summed E-state index contributed by atoms with van der Waals surface area (Å²) in [6.07, 6.45) is 1.54. The lowest BCUT2D eigenvalue weighted by Crippen LogP contribution is -2.32. The number of fused-ring (bicyclic) bond motifs is 2. The molecule has 2 amide bonds. The van der Waals surface area contributed by atoms with Gasteiger partial charge < -0.3 is 5.32 Å². The topological polar surface area (TPSA) is 70.6 Å². The molecule has 0 radical (unpaired) electrons. The van der Waals surface area contributed by atoms with Crippen molar-refractivity contribution in [2.24, 2.45) is 5.10 Å². The van der Waals surface area contributed by atoms with Crippen LogP contribution in [0.1, 0.15) is 5.56 Å². The van der Waals surface area contributed by atoms with Crippen molar-refractivity contribution in [3.05, 3.63) is 88.4 Å². The fourth-order valence-corrected chi connectivity index (χ4v) is 3.50. The van der Waals surface area contributed by atoms with Gasteiger partial charge in [-0.3, -0.25) is 9.59 Å². The van der Waals surface area contributed by atoms with Crippen molar-refractivity contribution in [3.63, 3.8) is 0 Å². The number of rotatable bonds is 3. The fraction of sp³-hybridized carbons (Fsp3) is 0. The predicted octanol–water partition coefficient (Wildman–Crippen LogP) is 5.39. The molecule has 4 aromatic rings. The maximum Gasteiger partial charge on any atom is 0.329 e. The molecule has 0 bridgehead atoms. The molecule has 0 aliphatic heterocycles. The van der Waals surface area contributed by atoms with Gasteiger partial charge in [0.2, 0.25) is 0 Å². The summed E-state index contributed by atoms with van der Waals surface area (Å²) in [6, 6.07) is 22.5. The highest BCUT2D eigenvalue weighted by molar-refractivity contribution is 6.42. The van der Waals surface area contributed by atoms with Gasteiger partial charge in [-0.15, -0.1) is 0 Å². The van der Waals surface area contributed by atoms with E-state index in [1.807, 2.05) is 48.5 Å². The average molecular weight is 436 g/mol. The van der Waals surface area contributed by atoms with Crippen molar-refractivity contribution in [2.45, 2.75) is 0 Å². The minimum Gasteiger partial charge on any atom is -0.316 e. The SMILES string of the molecule is O=C(NN=Cc1c2ccccc2cc2ccccc12)C(=O)Nc1cc(Cl)ccc1Cl. The van der Waals surface area contributed by atoms with Gasteiger partial charge in [0.15, 0.2) is 0 Å². The predicted molar refractivity (Wildman–Crippen MR) is 122 cm³/mol. The van der Waals surface area contributed by atoms with Gasteiger partial charge >= 0.3 is 11.8 Å². The number of nitrogens with zero attached hydrogens (tertiary/aromatic N) is 1. The van der Waals surface area contributed by atoms with E-state index in [1.54, 1.807) is 12.3 Å². The van der Waals surface area contributed by atoms with Crippen LogP contribution in [0.25, 0.3) is 21.5 Å². The summed E-state index contributed by atoms with van der Waals surface area (Å²) < 4.78 is 0. The number of nitrogens with one attached hydrogen (secondary N) is 2. The van der Waals surface area contributed by atoms with Gasteiger partial charge in [0.05, 0.1) is 16.9 Å². The Morgan fingerprint density at radius 1 is 0.800 bits per heavy atom. The van der Waals surface area contributed by atoms with E-state index in [0.717, 1.165) is 27.1 Å². The number of carbonyl (C=O) groups is 2. The van der Waals surface area contributed by atoms with Crippen molar-refractivity contribution in [1.82, 2.24) is 5.43 Å². The molecule has 0 saturated carbocycles. The van der Waals surface area contributed by atoms with E-state index >= 15 is 0 Å². The lowest BCUT2D eigenvalue weighted by molar-refractivity contribution is -0.136. The quantitative estimate of drug-likeness (QED) is 0.196. The fourth-order valence-electron chi connectivity index (χ4n) is 3.17. The number of anilines is 1. The van der Waals surface area contributed by atoms with E-state index in [4.69, 9.17) is 23.2 Å². The van der Waals surface area contributed by atoms with Gasteiger partial charge in [-0.1, -0.05) is 71.7 Å². The molecule has 0 fully saturated rings. The molecule has 30 heavy (non-hydrogen) atoms. The van der Waals surface area contributed by atoms with E-state index < -0.39 is 11.8 Å². The summed E-state index contributed by atoms with van der Waals surface area (Å²) in [7, 11) is 0. The Hall–Kier alpha value is -3.41. The van der Waals surface area contributed by atoms with Crippen LogP contribution in [-0.2, 0) is 9.59 Å². The van der Waals surface area contributed by atoms with Crippen molar-refractivity contribution in [2.75, 3.05) is 5.32 Å². The molecule has 4 aromatic carbocycles. The summed E-state index contributed by atoms with van der Waals surface area (Å²) >= 11 is 11.9. The average Bonchev–Trinajstić information content (AvgIpc) is 2.75. The number of benzene rings is 4. The first-order valence-electron chi connectivity index (χ1n) is 9.03. The molecule has 0 saturated heterocycles. The van der Waals surface area contributed by atoms with Gasteiger partial charge in [-0.25, -0.2) is 5.43 Å². The summed E-state index contributed by atoms with van der Waals surface area (Å²) in [5.41, 5.74) is 3.35. The number of hydrogen-bond donors (Lipinski definition) is 2. The number of halogens is 2. The number of amides is 2. The standard InChI is InChI=1S/C23H15Cl2N3O2/c24-16-9-10-20(25)21(12-16)27-22(29)23(30)28-26-13-19-17-7-3-1-5-14(17)11-15-6-2-4-8-18(15)19/h1-13H,(H,27,29)(H,28,30). The third-order valence-corrected chi connectivity index (χ3v) is 5.12. The van der Waals surface area contributed by atoms with E-state index in [1.165, 1.54) is 12.1 Å². The summed E-state index contributed by atoms with van der Waals surface area (Å²) in [5, 5.41) is 11.2. The van der Waals surface area contributed by atoms with Crippen molar-refractivity contribution < 1.29 is 9.59 Å². The van der Waals surface area contributed by atoms with Crippen molar-refractivity contribution in [1.29, 1.82) is 0 Å². The highest BCUT2D eigenvalue weighted by atomic mass is 35.5. The third kappa shape index (κ3) is 4.13. The zero-order chi connectivity index (χ0) is 21.1. The Kier molecular flexibility index (Phi) is 5.65. The molecule has 0 atom stereocenters. The van der Waals surface area contributed by atoms with Gasteiger partial charge in [0, 0.05) is 10.6 Å². The molecule has 0 spiro atoms. The molecule has 0 unspecified atom stereocenters. The minimum atomic E-state index is -0.924. The highest BCUT2D eigenvalue weighted by Gasteiger charge is 2.15. The number of hydrogen-bond acceptors (Lipinski definition) is 3. The first-order valence-corrected chi connectivity index (χ1v) is 9.78. The molecule has 2 N–H and O–H groups in total. The van der Waals surface area contributed by atoms with Crippen molar-refractivity contribution >= 4 is 68.5 Å². The van der Waals surface area contributed by atoms with Gasteiger partial charge in [-0.2, -0.15) is 5.10 Å². The first kappa shape index (κ1) is 19.9. The lowest BCUT2D eigenvalue weighted by atomic mass is 9.97. The molecular weight excluding hydrogens is 421 g/mol. The van der Waals surface area contributed by atoms with Crippen LogP contribution in [0.15, 0.2) is 77.9 Å². The third-order valence-electron chi connectivity index (χ3n) is 4.56. The van der Waals surface area contributed by atoms with Crippen LogP contribution in [0, 0.1) is 0 Å². The highest BCUT2D eigenvalue weighted by Crippen LogP contribution is 2.27. The van der Waals surface area contributed by atoms with Gasteiger partial charge in [-0.05, 0) is 45.8 Å². The van der Waals surface area contributed by atoms with Gasteiger partial charge in [0.25, 0.3) is 0 Å². The van der Waals surface area contributed by atoms with Crippen LogP contribution in [0.3, 0.4) is 0 Å². The largest absolute Gasteiger partial charge is 0.329 e. The molecule has 5 nitrogen and oxygen atoms in total. The maximum absolute atomic E-state index is 12.1. The Morgan fingerprint density at radius 2 is 1.43 bits per heavy atom.